The van der Waals surface area contributed by atoms with Crippen LogP contribution in [-0.4, -0.2) is 31.1 Å². The van der Waals surface area contributed by atoms with Crippen LogP contribution in [0.5, 0.6) is 0 Å². The summed E-state index contributed by atoms with van der Waals surface area (Å²) >= 11 is 0. The van der Waals surface area contributed by atoms with Gasteiger partial charge in [0.05, 0.1) is 13.2 Å². The summed E-state index contributed by atoms with van der Waals surface area (Å²) in [5.41, 5.74) is 0. The van der Waals surface area contributed by atoms with Crippen molar-refractivity contribution in [2.45, 2.75) is 18.8 Å². The molecule has 0 unspecified atom stereocenters. The Balaban J connectivity index is 1.67. The standard InChI is InChI=1S/C14H16O4/c1-8(15)18-12-5-2-9-10-3-4-11(13(9)12)14(10)16-6-7-17-14/h2-5,9-13H,6-7H2,1H3/t9-,10+,11+,12+,13+/m0/s1. The Labute approximate surface area is 106 Å². The van der Waals surface area contributed by atoms with Crippen molar-refractivity contribution in [1.82, 2.24) is 0 Å². The Morgan fingerprint density at radius 2 is 1.89 bits per heavy atom. The summed E-state index contributed by atoms with van der Waals surface area (Å²) in [4.78, 5) is 11.2. The van der Waals surface area contributed by atoms with Crippen LogP contribution in [0.15, 0.2) is 24.3 Å². The van der Waals surface area contributed by atoms with Gasteiger partial charge in [-0.3, -0.25) is 4.79 Å². The summed E-state index contributed by atoms with van der Waals surface area (Å²) in [6.45, 7) is 2.79. The molecule has 0 N–H and O–H groups in total. The molecular formula is C14H16O4. The Bertz CT molecular complexity index is 447. The number of rotatable bonds is 1. The lowest BCUT2D eigenvalue weighted by atomic mass is 9.84. The van der Waals surface area contributed by atoms with Crippen LogP contribution in [0.3, 0.4) is 0 Å². The maximum atomic E-state index is 11.2. The SMILES string of the molecule is CC(=O)O[C@@H]1C=C[C@@H]2[C@@H]1[C@H]1C=C[C@H]2C12OCCO2. The Morgan fingerprint density at radius 3 is 2.61 bits per heavy atom. The van der Waals surface area contributed by atoms with E-state index in [-0.39, 0.29) is 29.8 Å². The van der Waals surface area contributed by atoms with E-state index >= 15 is 0 Å². The van der Waals surface area contributed by atoms with Gasteiger partial charge in [-0.2, -0.15) is 0 Å². The van der Waals surface area contributed by atoms with E-state index < -0.39 is 5.79 Å². The van der Waals surface area contributed by atoms with Crippen LogP contribution in [0.25, 0.3) is 0 Å². The number of carbonyl (C=O) groups is 1. The first-order chi connectivity index (χ1) is 8.72. The topological polar surface area (TPSA) is 44.8 Å². The zero-order valence-corrected chi connectivity index (χ0v) is 10.2. The summed E-state index contributed by atoms with van der Waals surface area (Å²) in [6.07, 6.45) is 8.44. The van der Waals surface area contributed by atoms with Crippen molar-refractivity contribution < 1.29 is 19.0 Å². The van der Waals surface area contributed by atoms with Gasteiger partial charge in [0.2, 0.25) is 0 Å². The molecule has 96 valence electrons. The molecule has 4 rings (SSSR count). The number of hydrogen-bond donors (Lipinski definition) is 0. The van der Waals surface area contributed by atoms with Crippen molar-refractivity contribution in [2.75, 3.05) is 13.2 Å². The second-order valence-corrected chi connectivity index (χ2v) is 5.47. The van der Waals surface area contributed by atoms with Crippen molar-refractivity contribution in [2.24, 2.45) is 23.7 Å². The third-order valence-corrected chi connectivity index (χ3v) is 4.67. The molecule has 0 aromatic heterocycles. The molecule has 1 spiro atoms. The smallest absolute Gasteiger partial charge is 0.303 e. The number of carbonyl (C=O) groups excluding carboxylic acids is 1. The second-order valence-electron chi connectivity index (χ2n) is 5.47. The van der Waals surface area contributed by atoms with Gasteiger partial charge < -0.3 is 14.2 Å². The van der Waals surface area contributed by atoms with E-state index in [0.717, 1.165) is 0 Å². The average Bonchev–Trinajstić information content (AvgIpc) is 3.05. The van der Waals surface area contributed by atoms with E-state index in [9.17, 15) is 4.79 Å². The molecule has 2 bridgehead atoms. The minimum absolute atomic E-state index is 0.128. The molecule has 0 aromatic carbocycles. The third kappa shape index (κ3) is 1.15. The largest absolute Gasteiger partial charge is 0.458 e. The van der Waals surface area contributed by atoms with E-state index in [1.807, 2.05) is 6.08 Å². The van der Waals surface area contributed by atoms with E-state index in [1.165, 1.54) is 6.92 Å². The Hall–Kier alpha value is -1.13. The molecule has 4 heteroatoms. The van der Waals surface area contributed by atoms with Crippen molar-refractivity contribution in [3.8, 4) is 0 Å². The molecule has 1 aliphatic heterocycles. The highest BCUT2D eigenvalue weighted by atomic mass is 16.7. The van der Waals surface area contributed by atoms with Crippen LogP contribution in [0.4, 0.5) is 0 Å². The quantitative estimate of drug-likeness (QED) is 0.518. The molecule has 0 aromatic rings. The van der Waals surface area contributed by atoms with E-state index in [0.29, 0.717) is 19.1 Å². The first-order valence-corrected chi connectivity index (χ1v) is 6.54. The molecule has 4 nitrogen and oxygen atoms in total. The first-order valence-electron chi connectivity index (χ1n) is 6.54. The van der Waals surface area contributed by atoms with Gasteiger partial charge in [0.1, 0.15) is 6.10 Å². The lowest BCUT2D eigenvalue weighted by molar-refractivity contribution is -0.190. The Morgan fingerprint density at radius 1 is 1.17 bits per heavy atom. The number of allylic oxidation sites excluding steroid dienone is 1. The van der Waals surface area contributed by atoms with Crippen molar-refractivity contribution in [1.29, 1.82) is 0 Å². The van der Waals surface area contributed by atoms with E-state index in [2.05, 4.69) is 18.2 Å². The van der Waals surface area contributed by atoms with Gasteiger partial charge in [0.25, 0.3) is 0 Å². The van der Waals surface area contributed by atoms with Crippen LogP contribution in [0.2, 0.25) is 0 Å². The monoisotopic (exact) mass is 248 g/mol. The fraction of sp³-hybridized carbons (Fsp3) is 0.643. The maximum absolute atomic E-state index is 11.2. The van der Waals surface area contributed by atoms with Crippen molar-refractivity contribution >= 4 is 5.97 Å². The zero-order chi connectivity index (χ0) is 12.3. The minimum Gasteiger partial charge on any atom is -0.458 e. The fourth-order valence-corrected chi connectivity index (χ4v) is 4.18. The molecule has 18 heavy (non-hydrogen) atoms. The maximum Gasteiger partial charge on any atom is 0.303 e. The van der Waals surface area contributed by atoms with Crippen LogP contribution >= 0.6 is 0 Å². The number of hydrogen-bond acceptors (Lipinski definition) is 4. The fourth-order valence-electron chi connectivity index (χ4n) is 4.18. The third-order valence-electron chi connectivity index (χ3n) is 4.67. The zero-order valence-electron chi connectivity index (χ0n) is 10.2. The van der Waals surface area contributed by atoms with Crippen LogP contribution in [0, 0.1) is 23.7 Å². The lowest BCUT2D eigenvalue weighted by Crippen LogP contribution is -2.39. The molecule has 4 aliphatic rings. The number of fused-ring (bicyclic) bond motifs is 3. The summed E-state index contributed by atoms with van der Waals surface area (Å²) in [6, 6.07) is 0. The van der Waals surface area contributed by atoms with Gasteiger partial charge in [-0.25, -0.2) is 0 Å². The summed E-state index contributed by atoms with van der Waals surface area (Å²) in [7, 11) is 0. The van der Waals surface area contributed by atoms with E-state index in [4.69, 9.17) is 14.2 Å². The van der Waals surface area contributed by atoms with Crippen molar-refractivity contribution in [3.05, 3.63) is 24.3 Å². The van der Waals surface area contributed by atoms with Gasteiger partial charge in [-0.15, -0.1) is 0 Å². The second kappa shape index (κ2) is 3.45. The summed E-state index contributed by atoms with van der Waals surface area (Å²) in [5, 5.41) is 0. The average molecular weight is 248 g/mol. The van der Waals surface area contributed by atoms with Gasteiger partial charge in [0, 0.05) is 24.7 Å². The number of esters is 1. The normalized spacial score (nSPS) is 45.9. The molecular weight excluding hydrogens is 232 g/mol. The van der Waals surface area contributed by atoms with Crippen LogP contribution < -0.4 is 0 Å². The van der Waals surface area contributed by atoms with Gasteiger partial charge in [0.15, 0.2) is 5.79 Å². The molecule has 3 aliphatic carbocycles. The molecule has 0 amide bonds. The summed E-state index contributed by atoms with van der Waals surface area (Å²) in [5.74, 6) is 0.434. The molecule has 2 fully saturated rings. The summed E-state index contributed by atoms with van der Waals surface area (Å²) < 4.78 is 17.2. The molecule has 1 heterocycles. The predicted molar refractivity (Wildman–Crippen MR) is 62.4 cm³/mol. The molecule has 1 saturated heterocycles. The highest BCUT2D eigenvalue weighted by molar-refractivity contribution is 5.66. The predicted octanol–water partition coefficient (Wildman–Crippen LogP) is 1.28. The van der Waals surface area contributed by atoms with Gasteiger partial charge in [-0.05, 0) is 12.0 Å². The van der Waals surface area contributed by atoms with Gasteiger partial charge >= 0.3 is 5.97 Å². The van der Waals surface area contributed by atoms with Crippen LogP contribution in [-0.2, 0) is 19.0 Å². The number of ether oxygens (including phenoxy) is 3. The van der Waals surface area contributed by atoms with Crippen molar-refractivity contribution in [3.63, 3.8) is 0 Å². The molecule has 1 saturated carbocycles. The van der Waals surface area contributed by atoms with E-state index in [1.54, 1.807) is 0 Å². The van der Waals surface area contributed by atoms with Crippen LogP contribution in [0.1, 0.15) is 6.92 Å². The molecule has 5 atom stereocenters. The van der Waals surface area contributed by atoms with Gasteiger partial charge in [-0.1, -0.05) is 18.2 Å². The Kier molecular flexibility index (Phi) is 2.07. The molecule has 0 radical (unpaired) electrons. The lowest BCUT2D eigenvalue weighted by Gasteiger charge is -2.30. The highest BCUT2D eigenvalue weighted by Gasteiger charge is 2.67. The highest BCUT2D eigenvalue weighted by Crippen LogP contribution is 2.61. The minimum atomic E-state index is -0.474. The first kappa shape index (κ1) is 10.8.